The number of thiocarbonyl (C=S) groups is 1. The Balaban J connectivity index is 1.79. The highest BCUT2D eigenvalue weighted by Crippen LogP contribution is 2.27. The summed E-state index contributed by atoms with van der Waals surface area (Å²) in [5, 5.41) is 3.00. The SMILES string of the molecule is COc1ccc(C=CC(=O)NC(=S)NNC(=O)Cc2ccc(Cl)cc2)cc1OC. The van der Waals surface area contributed by atoms with Crippen LogP contribution >= 0.6 is 23.8 Å². The summed E-state index contributed by atoms with van der Waals surface area (Å²) < 4.78 is 10.4. The van der Waals surface area contributed by atoms with Crippen molar-refractivity contribution in [2.45, 2.75) is 6.42 Å². The van der Waals surface area contributed by atoms with Gasteiger partial charge < -0.3 is 9.47 Å². The fraction of sp³-hybridized carbons (Fsp3) is 0.150. The summed E-state index contributed by atoms with van der Waals surface area (Å²) >= 11 is 10.8. The van der Waals surface area contributed by atoms with Gasteiger partial charge in [-0.25, -0.2) is 0 Å². The highest BCUT2D eigenvalue weighted by molar-refractivity contribution is 7.80. The molecule has 152 valence electrons. The van der Waals surface area contributed by atoms with Gasteiger partial charge in [-0.05, 0) is 53.7 Å². The van der Waals surface area contributed by atoms with Crippen molar-refractivity contribution in [2.24, 2.45) is 0 Å². The predicted octanol–water partition coefficient (Wildman–Crippen LogP) is 2.64. The predicted molar refractivity (Wildman–Crippen MR) is 116 cm³/mol. The van der Waals surface area contributed by atoms with Gasteiger partial charge >= 0.3 is 0 Å². The van der Waals surface area contributed by atoms with Gasteiger partial charge in [0, 0.05) is 11.1 Å². The zero-order chi connectivity index (χ0) is 21.2. The maximum absolute atomic E-state index is 12.0. The molecule has 2 aromatic rings. The Morgan fingerprint density at radius 3 is 2.38 bits per heavy atom. The molecule has 0 radical (unpaired) electrons. The van der Waals surface area contributed by atoms with Gasteiger partial charge in [0.15, 0.2) is 16.6 Å². The molecule has 0 saturated carbocycles. The number of methoxy groups -OCH3 is 2. The number of nitrogens with one attached hydrogen (secondary N) is 3. The number of carbonyl (C=O) groups is 2. The second-order valence-corrected chi connectivity index (χ2v) is 6.59. The second kappa shape index (κ2) is 11.0. The Kier molecular flexibility index (Phi) is 8.45. The van der Waals surface area contributed by atoms with E-state index in [2.05, 4.69) is 16.2 Å². The third-order valence-corrected chi connectivity index (χ3v) is 4.12. The van der Waals surface area contributed by atoms with E-state index < -0.39 is 5.91 Å². The lowest BCUT2D eigenvalue weighted by Crippen LogP contribution is -2.48. The molecule has 0 aliphatic heterocycles. The third kappa shape index (κ3) is 7.44. The quantitative estimate of drug-likeness (QED) is 0.369. The first-order chi connectivity index (χ1) is 13.9. The van der Waals surface area contributed by atoms with E-state index in [1.807, 2.05) is 0 Å². The van der Waals surface area contributed by atoms with Crippen molar-refractivity contribution in [3.05, 3.63) is 64.7 Å². The number of amides is 2. The monoisotopic (exact) mass is 433 g/mol. The Hall–Kier alpha value is -3.10. The normalized spacial score (nSPS) is 10.3. The van der Waals surface area contributed by atoms with Crippen LogP contribution in [0.4, 0.5) is 0 Å². The van der Waals surface area contributed by atoms with Crippen molar-refractivity contribution < 1.29 is 19.1 Å². The molecule has 29 heavy (non-hydrogen) atoms. The summed E-state index contributed by atoms with van der Waals surface area (Å²) in [6.07, 6.45) is 3.05. The van der Waals surface area contributed by atoms with Gasteiger partial charge in [-0.1, -0.05) is 29.8 Å². The summed E-state index contributed by atoms with van der Waals surface area (Å²) in [4.78, 5) is 23.9. The fourth-order valence-corrected chi connectivity index (χ4v) is 2.55. The molecular formula is C20H20ClN3O4S. The van der Waals surface area contributed by atoms with E-state index in [0.29, 0.717) is 16.5 Å². The van der Waals surface area contributed by atoms with E-state index in [1.54, 1.807) is 55.7 Å². The Morgan fingerprint density at radius 1 is 1.03 bits per heavy atom. The average Bonchev–Trinajstić information content (AvgIpc) is 2.72. The molecule has 7 nitrogen and oxygen atoms in total. The van der Waals surface area contributed by atoms with Crippen LogP contribution in [0.3, 0.4) is 0 Å². The van der Waals surface area contributed by atoms with Gasteiger partial charge in [0.1, 0.15) is 0 Å². The van der Waals surface area contributed by atoms with Crippen LogP contribution < -0.4 is 25.6 Å². The molecular weight excluding hydrogens is 414 g/mol. The maximum atomic E-state index is 12.0. The zero-order valence-electron chi connectivity index (χ0n) is 15.8. The highest BCUT2D eigenvalue weighted by Gasteiger charge is 2.06. The van der Waals surface area contributed by atoms with Crippen LogP contribution in [0.5, 0.6) is 11.5 Å². The molecule has 3 N–H and O–H groups in total. The van der Waals surface area contributed by atoms with Crippen LogP contribution in [-0.2, 0) is 16.0 Å². The van der Waals surface area contributed by atoms with Gasteiger partial charge in [-0.2, -0.15) is 0 Å². The lowest BCUT2D eigenvalue weighted by Gasteiger charge is -2.10. The first-order valence-corrected chi connectivity index (χ1v) is 9.24. The number of ether oxygens (including phenoxy) is 2. The Bertz CT molecular complexity index is 916. The first-order valence-electron chi connectivity index (χ1n) is 8.45. The Morgan fingerprint density at radius 2 is 1.72 bits per heavy atom. The second-order valence-electron chi connectivity index (χ2n) is 5.74. The van der Waals surface area contributed by atoms with E-state index in [0.717, 1.165) is 11.1 Å². The summed E-state index contributed by atoms with van der Waals surface area (Å²) in [6, 6.07) is 12.1. The molecule has 9 heteroatoms. The summed E-state index contributed by atoms with van der Waals surface area (Å²) in [5.41, 5.74) is 6.44. The molecule has 0 saturated heterocycles. The van der Waals surface area contributed by atoms with Crippen molar-refractivity contribution in [3.8, 4) is 11.5 Å². The molecule has 0 spiro atoms. The third-order valence-electron chi connectivity index (χ3n) is 3.66. The topological polar surface area (TPSA) is 88.7 Å². The minimum Gasteiger partial charge on any atom is -0.493 e. The number of hydrogen-bond acceptors (Lipinski definition) is 5. The minimum atomic E-state index is -0.454. The van der Waals surface area contributed by atoms with E-state index in [4.69, 9.17) is 33.3 Å². The number of hydrogen-bond donors (Lipinski definition) is 3. The van der Waals surface area contributed by atoms with Crippen molar-refractivity contribution in [1.29, 1.82) is 0 Å². The molecule has 0 bridgehead atoms. The van der Waals surface area contributed by atoms with Crippen LogP contribution in [-0.4, -0.2) is 31.1 Å². The van der Waals surface area contributed by atoms with Crippen LogP contribution in [0.15, 0.2) is 48.5 Å². The molecule has 0 aliphatic rings. The smallest absolute Gasteiger partial charge is 0.250 e. The number of rotatable bonds is 6. The average molecular weight is 434 g/mol. The van der Waals surface area contributed by atoms with Gasteiger partial charge in [0.05, 0.1) is 20.6 Å². The van der Waals surface area contributed by atoms with Crippen molar-refractivity contribution in [2.75, 3.05) is 14.2 Å². The molecule has 2 aromatic carbocycles. The minimum absolute atomic E-state index is 0.0311. The molecule has 0 heterocycles. The van der Waals surface area contributed by atoms with Gasteiger partial charge in [0.2, 0.25) is 11.8 Å². The standard InChI is InChI=1S/C20H20ClN3O4S/c1-27-16-9-5-13(11-17(16)28-2)6-10-18(25)22-20(29)24-23-19(26)12-14-3-7-15(21)8-4-14/h3-11H,12H2,1-2H3,(H,23,26)(H2,22,24,25,29). The van der Waals surface area contributed by atoms with Crippen LogP contribution in [0.25, 0.3) is 6.08 Å². The number of benzene rings is 2. The van der Waals surface area contributed by atoms with Crippen LogP contribution in [0.1, 0.15) is 11.1 Å². The molecule has 2 rings (SSSR count). The first kappa shape index (κ1) is 22.2. The largest absolute Gasteiger partial charge is 0.493 e. The van der Waals surface area contributed by atoms with E-state index in [9.17, 15) is 9.59 Å². The van der Waals surface area contributed by atoms with E-state index in [-0.39, 0.29) is 17.4 Å². The van der Waals surface area contributed by atoms with Crippen LogP contribution in [0, 0.1) is 0 Å². The molecule has 0 atom stereocenters. The van der Waals surface area contributed by atoms with Crippen molar-refractivity contribution in [1.82, 2.24) is 16.2 Å². The fourth-order valence-electron chi connectivity index (χ4n) is 2.27. The molecule has 0 aromatic heterocycles. The molecule has 0 unspecified atom stereocenters. The lowest BCUT2D eigenvalue weighted by molar-refractivity contribution is -0.121. The van der Waals surface area contributed by atoms with Crippen molar-refractivity contribution >= 4 is 46.8 Å². The van der Waals surface area contributed by atoms with E-state index in [1.165, 1.54) is 13.2 Å². The maximum Gasteiger partial charge on any atom is 0.250 e. The lowest BCUT2D eigenvalue weighted by atomic mass is 10.1. The Labute approximate surface area is 179 Å². The zero-order valence-corrected chi connectivity index (χ0v) is 17.4. The summed E-state index contributed by atoms with van der Waals surface area (Å²) in [7, 11) is 3.08. The number of carbonyl (C=O) groups excluding carboxylic acids is 2. The summed E-state index contributed by atoms with van der Waals surface area (Å²) in [6.45, 7) is 0. The summed E-state index contributed by atoms with van der Waals surface area (Å²) in [5.74, 6) is 0.374. The molecule has 0 aliphatic carbocycles. The van der Waals surface area contributed by atoms with Gasteiger partial charge in [-0.15, -0.1) is 0 Å². The van der Waals surface area contributed by atoms with Crippen LogP contribution in [0.2, 0.25) is 5.02 Å². The highest BCUT2D eigenvalue weighted by atomic mass is 35.5. The molecule has 0 fully saturated rings. The number of hydrazine groups is 1. The number of halogens is 1. The van der Waals surface area contributed by atoms with Crippen molar-refractivity contribution in [3.63, 3.8) is 0 Å². The van der Waals surface area contributed by atoms with Gasteiger partial charge in [-0.3, -0.25) is 25.8 Å². The molecule has 2 amide bonds. The van der Waals surface area contributed by atoms with Gasteiger partial charge in [0.25, 0.3) is 0 Å². The van der Waals surface area contributed by atoms with E-state index >= 15 is 0 Å².